The molecule has 2 aromatic carbocycles. The van der Waals surface area contributed by atoms with Crippen molar-refractivity contribution in [3.63, 3.8) is 0 Å². The van der Waals surface area contributed by atoms with E-state index in [4.69, 9.17) is 17.3 Å². The average molecular weight is 307 g/mol. The summed E-state index contributed by atoms with van der Waals surface area (Å²) in [7, 11) is 0. The van der Waals surface area contributed by atoms with Crippen LogP contribution in [0.25, 0.3) is 33.1 Å². The molecule has 0 amide bonds. The highest BCUT2D eigenvalue weighted by Gasteiger charge is 2.11. The first-order valence-corrected chi connectivity index (χ1v) is 7.17. The van der Waals surface area contributed by atoms with Crippen LogP contribution in [0.1, 0.15) is 0 Å². The van der Waals surface area contributed by atoms with E-state index in [9.17, 15) is 0 Å². The van der Waals surface area contributed by atoms with E-state index in [0.29, 0.717) is 21.9 Å². The van der Waals surface area contributed by atoms with Crippen molar-refractivity contribution in [1.29, 1.82) is 0 Å². The molecule has 2 aromatic heterocycles. The molecule has 0 aliphatic carbocycles. The molecule has 0 aliphatic heterocycles. The van der Waals surface area contributed by atoms with Gasteiger partial charge in [-0.25, -0.2) is 15.0 Å². The first-order valence-electron chi connectivity index (χ1n) is 6.80. The molecule has 0 saturated carbocycles. The maximum Gasteiger partial charge on any atom is 0.221 e. The van der Waals surface area contributed by atoms with Gasteiger partial charge in [-0.05, 0) is 29.0 Å². The Bertz CT molecular complexity index is 1010. The van der Waals surface area contributed by atoms with Gasteiger partial charge in [-0.1, -0.05) is 48.0 Å². The summed E-state index contributed by atoms with van der Waals surface area (Å²) in [5.74, 6) is 0.222. The van der Waals surface area contributed by atoms with Crippen LogP contribution in [-0.4, -0.2) is 15.0 Å². The van der Waals surface area contributed by atoms with Gasteiger partial charge in [0.15, 0.2) is 0 Å². The summed E-state index contributed by atoms with van der Waals surface area (Å²) in [5, 5.41) is 2.71. The minimum atomic E-state index is 0.222. The van der Waals surface area contributed by atoms with Crippen molar-refractivity contribution in [2.24, 2.45) is 0 Å². The molecule has 4 aromatic rings. The van der Waals surface area contributed by atoms with Crippen molar-refractivity contribution in [3.05, 3.63) is 59.8 Å². The van der Waals surface area contributed by atoms with E-state index in [1.165, 1.54) is 5.39 Å². The number of pyridine rings is 1. The van der Waals surface area contributed by atoms with Crippen molar-refractivity contribution in [3.8, 4) is 11.3 Å². The van der Waals surface area contributed by atoms with Crippen molar-refractivity contribution in [2.45, 2.75) is 0 Å². The molecule has 0 bridgehead atoms. The fourth-order valence-corrected chi connectivity index (χ4v) is 2.69. The first kappa shape index (κ1) is 13.0. The van der Waals surface area contributed by atoms with Gasteiger partial charge < -0.3 is 5.73 Å². The SMILES string of the molecule is Nc1nc(-c2ccc3ccccc3c2)c2nc(Cl)ccc2n1. The molecule has 0 unspecified atom stereocenters. The summed E-state index contributed by atoms with van der Waals surface area (Å²) < 4.78 is 0. The van der Waals surface area contributed by atoms with Crippen LogP contribution in [-0.2, 0) is 0 Å². The van der Waals surface area contributed by atoms with Gasteiger partial charge in [-0.15, -0.1) is 0 Å². The molecule has 0 fully saturated rings. The number of nitrogens with two attached hydrogens (primary N) is 1. The molecular formula is C17H11ClN4. The van der Waals surface area contributed by atoms with Crippen molar-refractivity contribution >= 4 is 39.4 Å². The Kier molecular flexibility index (Phi) is 2.91. The number of anilines is 1. The highest BCUT2D eigenvalue weighted by Crippen LogP contribution is 2.29. The van der Waals surface area contributed by atoms with Crippen LogP contribution in [0, 0.1) is 0 Å². The molecule has 0 saturated heterocycles. The number of fused-ring (bicyclic) bond motifs is 2. The van der Waals surface area contributed by atoms with Gasteiger partial charge >= 0.3 is 0 Å². The van der Waals surface area contributed by atoms with Gasteiger partial charge in [0.05, 0.1) is 5.52 Å². The second-order valence-corrected chi connectivity index (χ2v) is 5.38. The van der Waals surface area contributed by atoms with Crippen LogP contribution in [0.15, 0.2) is 54.6 Å². The lowest BCUT2D eigenvalue weighted by Crippen LogP contribution is -1.99. The summed E-state index contributed by atoms with van der Waals surface area (Å²) >= 11 is 6.02. The fraction of sp³-hybridized carbons (Fsp3) is 0. The second kappa shape index (κ2) is 4.93. The van der Waals surface area contributed by atoms with Gasteiger partial charge in [-0.2, -0.15) is 0 Å². The summed E-state index contributed by atoms with van der Waals surface area (Å²) in [5.41, 5.74) is 8.79. The fourth-order valence-electron chi connectivity index (χ4n) is 2.55. The minimum Gasteiger partial charge on any atom is -0.368 e. The quantitative estimate of drug-likeness (QED) is 0.538. The number of halogens is 1. The van der Waals surface area contributed by atoms with Gasteiger partial charge in [0, 0.05) is 5.56 Å². The largest absolute Gasteiger partial charge is 0.368 e. The molecule has 0 radical (unpaired) electrons. The van der Waals surface area contributed by atoms with E-state index >= 15 is 0 Å². The molecule has 4 rings (SSSR count). The molecule has 106 valence electrons. The van der Waals surface area contributed by atoms with Crippen LogP contribution >= 0.6 is 11.6 Å². The molecule has 0 aliphatic rings. The predicted molar refractivity (Wildman–Crippen MR) is 89.7 cm³/mol. The average Bonchev–Trinajstić information content (AvgIpc) is 2.54. The Hall–Kier alpha value is -2.72. The molecule has 0 atom stereocenters. The Balaban J connectivity index is 2.04. The number of nitrogens with zero attached hydrogens (tertiary/aromatic N) is 3. The highest BCUT2D eigenvalue weighted by molar-refractivity contribution is 6.29. The minimum absolute atomic E-state index is 0.222. The van der Waals surface area contributed by atoms with E-state index in [2.05, 4.69) is 39.2 Å². The van der Waals surface area contributed by atoms with Crippen LogP contribution in [0.3, 0.4) is 0 Å². The van der Waals surface area contributed by atoms with Gasteiger partial charge in [0.2, 0.25) is 5.95 Å². The number of benzene rings is 2. The van der Waals surface area contributed by atoms with E-state index in [1.807, 2.05) is 18.2 Å². The molecule has 0 spiro atoms. The van der Waals surface area contributed by atoms with Crippen molar-refractivity contribution < 1.29 is 0 Å². The smallest absolute Gasteiger partial charge is 0.221 e. The molecule has 2 heterocycles. The van der Waals surface area contributed by atoms with Crippen LogP contribution < -0.4 is 5.73 Å². The third kappa shape index (κ3) is 2.14. The van der Waals surface area contributed by atoms with Crippen molar-refractivity contribution in [1.82, 2.24) is 15.0 Å². The lowest BCUT2D eigenvalue weighted by Gasteiger charge is -2.07. The zero-order valence-electron chi connectivity index (χ0n) is 11.5. The number of hydrogen-bond acceptors (Lipinski definition) is 4. The Labute approximate surface area is 131 Å². The van der Waals surface area contributed by atoms with Crippen LogP contribution in [0.5, 0.6) is 0 Å². The lowest BCUT2D eigenvalue weighted by atomic mass is 10.0. The zero-order valence-corrected chi connectivity index (χ0v) is 12.2. The number of nitrogen functional groups attached to an aromatic ring is 1. The molecule has 5 heteroatoms. The number of aromatic nitrogens is 3. The van der Waals surface area contributed by atoms with Gasteiger partial charge in [0.1, 0.15) is 16.4 Å². The summed E-state index contributed by atoms with van der Waals surface area (Å²) in [6, 6.07) is 17.8. The summed E-state index contributed by atoms with van der Waals surface area (Å²) in [4.78, 5) is 12.9. The van der Waals surface area contributed by atoms with E-state index in [-0.39, 0.29) is 5.95 Å². The van der Waals surface area contributed by atoms with Gasteiger partial charge in [-0.3, -0.25) is 0 Å². The predicted octanol–water partition coefficient (Wildman–Crippen LogP) is 4.08. The third-order valence-corrected chi connectivity index (χ3v) is 3.76. The van der Waals surface area contributed by atoms with E-state index < -0.39 is 0 Å². The van der Waals surface area contributed by atoms with E-state index in [0.717, 1.165) is 10.9 Å². The molecule has 4 nitrogen and oxygen atoms in total. The summed E-state index contributed by atoms with van der Waals surface area (Å²) in [6.45, 7) is 0. The highest BCUT2D eigenvalue weighted by atomic mass is 35.5. The Morgan fingerprint density at radius 1 is 0.818 bits per heavy atom. The maximum absolute atomic E-state index is 6.02. The van der Waals surface area contributed by atoms with Crippen LogP contribution in [0.4, 0.5) is 5.95 Å². The maximum atomic E-state index is 6.02. The normalized spacial score (nSPS) is 11.1. The Morgan fingerprint density at radius 3 is 2.50 bits per heavy atom. The van der Waals surface area contributed by atoms with Crippen LogP contribution in [0.2, 0.25) is 5.15 Å². The molecule has 22 heavy (non-hydrogen) atoms. The number of rotatable bonds is 1. The standard InChI is InChI=1S/C17H11ClN4/c18-14-8-7-13-16(21-14)15(22-17(19)20-13)12-6-5-10-3-1-2-4-11(10)9-12/h1-9H,(H2,19,20,22). The second-order valence-electron chi connectivity index (χ2n) is 4.99. The van der Waals surface area contributed by atoms with E-state index in [1.54, 1.807) is 12.1 Å². The van der Waals surface area contributed by atoms with Gasteiger partial charge in [0.25, 0.3) is 0 Å². The monoisotopic (exact) mass is 306 g/mol. The topological polar surface area (TPSA) is 64.7 Å². The zero-order chi connectivity index (χ0) is 15.1. The summed E-state index contributed by atoms with van der Waals surface area (Å²) in [6.07, 6.45) is 0. The van der Waals surface area contributed by atoms with Crippen molar-refractivity contribution in [2.75, 3.05) is 5.73 Å². The third-order valence-electron chi connectivity index (χ3n) is 3.55. The molecule has 2 N–H and O–H groups in total. The first-order chi connectivity index (χ1) is 10.7. The number of hydrogen-bond donors (Lipinski definition) is 1. The lowest BCUT2D eigenvalue weighted by molar-refractivity contribution is 1.21. The Morgan fingerprint density at radius 2 is 1.64 bits per heavy atom. The molecular weight excluding hydrogens is 296 g/mol.